The number of nitrogens with zero attached hydrogens (tertiary/aromatic N) is 1. The number of hydrogen-bond acceptors (Lipinski definition) is 6. The number of carbonyl (C=O) groups excluding carboxylic acids is 1. The van der Waals surface area contributed by atoms with Gasteiger partial charge in [-0.3, -0.25) is 10.1 Å². The van der Waals surface area contributed by atoms with Gasteiger partial charge in [0.2, 0.25) is 0 Å². The van der Waals surface area contributed by atoms with Crippen molar-refractivity contribution < 1.29 is 19.2 Å². The first-order valence-corrected chi connectivity index (χ1v) is 6.64. The van der Waals surface area contributed by atoms with Crippen LogP contribution in [0.15, 0.2) is 18.2 Å². The first-order chi connectivity index (χ1) is 9.84. The molecule has 0 spiro atoms. The van der Waals surface area contributed by atoms with Crippen LogP contribution in [0.3, 0.4) is 0 Å². The highest BCUT2D eigenvalue weighted by Gasteiger charge is 2.35. The third-order valence-electron chi connectivity index (χ3n) is 2.91. The highest BCUT2D eigenvalue weighted by molar-refractivity contribution is 6.30. The molecule has 0 aromatic heterocycles. The molecule has 0 aliphatic heterocycles. The quantitative estimate of drug-likeness (QED) is 0.471. The maximum Gasteiger partial charge on any atom is 0.329 e. The van der Waals surface area contributed by atoms with Crippen LogP contribution in [-0.2, 0) is 9.53 Å². The van der Waals surface area contributed by atoms with Crippen molar-refractivity contribution >= 4 is 23.3 Å². The van der Waals surface area contributed by atoms with Crippen molar-refractivity contribution in [3.05, 3.63) is 33.3 Å². The molecule has 0 saturated heterocycles. The van der Waals surface area contributed by atoms with Crippen LogP contribution in [0.25, 0.3) is 0 Å². The summed E-state index contributed by atoms with van der Waals surface area (Å²) in [4.78, 5) is 22.2. The van der Waals surface area contributed by atoms with Crippen molar-refractivity contribution in [2.24, 2.45) is 0 Å². The summed E-state index contributed by atoms with van der Waals surface area (Å²) in [7, 11) is 1.58. The van der Waals surface area contributed by atoms with Crippen molar-refractivity contribution in [1.82, 2.24) is 5.32 Å². The van der Waals surface area contributed by atoms with Crippen molar-refractivity contribution in [3.63, 3.8) is 0 Å². The molecule has 116 valence electrons. The molecule has 1 aromatic rings. The first kappa shape index (κ1) is 17.2. The minimum absolute atomic E-state index is 0.00160. The average molecular weight is 317 g/mol. The van der Waals surface area contributed by atoms with E-state index in [0.717, 1.165) is 0 Å². The molecule has 0 bridgehead atoms. The van der Waals surface area contributed by atoms with Gasteiger partial charge in [0, 0.05) is 17.2 Å². The van der Waals surface area contributed by atoms with Gasteiger partial charge in [0.15, 0.2) is 5.75 Å². The number of nitro groups is 1. The Kier molecular flexibility index (Phi) is 5.92. The van der Waals surface area contributed by atoms with E-state index in [1.54, 1.807) is 20.9 Å². The number of ether oxygens (including phenoxy) is 2. The zero-order valence-electron chi connectivity index (χ0n) is 12.0. The van der Waals surface area contributed by atoms with Crippen molar-refractivity contribution in [2.75, 3.05) is 20.3 Å². The summed E-state index contributed by atoms with van der Waals surface area (Å²) >= 11 is 5.81. The van der Waals surface area contributed by atoms with E-state index in [1.165, 1.54) is 18.2 Å². The summed E-state index contributed by atoms with van der Waals surface area (Å²) in [5.74, 6) is -0.504. The van der Waals surface area contributed by atoms with E-state index < -0.39 is 16.4 Å². The predicted molar refractivity (Wildman–Crippen MR) is 77.7 cm³/mol. The molecule has 0 saturated carbocycles. The number of nitro benzene ring substituents is 1. The van der Waals surface area contributed by atoms with Crippen molar-refractivity contribution in [3.8, 4) is 5.75 Å². The van der Waals surface area contributed by atoms with Crippen LogP contribution in [0.4, 0.5) is 5.69 Å². The maximum atomic E-state index is 11.9. The molecular formula is C13H17ClN2O5. The molecule has 1 atom stereocenters. The standard InChI is InChI=1S/C13H17ClN2O5/c1-4-20-12(17)13(2,15-3)8-21-11-7-9(14)5-6-10(11)16(18)19/h5-7,15H,4,8H2,1-3H3. The molecule has 8 heteroatoms. The van der Waals surface area contributed by atoms with E-state index in [2.05, 4.69) is 5.32 Å². The van der Waals surface area contributed by atoms with E-state index in [1.807, 2.05) is 0 Å². The van der Waals surface area contributed by atoms with Gasteiger partial charge in [-0.05, 0) is 27.0 Å². The number of halogens is 1. The number of benzene rings is 1. The summed E-state index contributed by atoms with van der Waals surface area (Å²) in [6.07, 6.45) is 0. The second-order valence-electron chi connectivity index (χ2n) is 4.46. The first-order valence-electron chi connectivity index (χ1n) is 6.27. The lowest BCUT2D eigenvalue weighted by Crippen LogP contribution is -2.53. The molecule has 0 radical (unpaired) electrons. The minimum atomic E-state index is -1.12. The molecule has 1 rings (SSSR count). The van der Waals surface area contributed by atoms with Crippen LogP contribution in [0, 0.1) is 10.1 Å². The Bertz CT molecular complexity index is 537. The van der Waals surface area contributed by atoms with Crippen LogP contribution >= 0.6 is 11.6 Å². The molecular weight excluding hydrogens is 300 g/mol. The van der Waals surface area contributed by atoms with Gasteiger partial charge in [0.1, 0.15) is 12.1 Å². The minimum Gasteiger partial charge on any atom is -0.484 e. The van der Waals surface area contributed by atoms with Gasteiger partial charge in [0.25, 0.3) is 0 Å². The van der Waals surface area contributed by atoms with Gasteiger partial charge >= 0.3 is 11.7 Å². The molecule has 0 heterocycles. The molecule has 0 aliphatic rings. The largest absolute Gasteiger partial charge is 0.484 e. The van der Waals surface area contributed by atoms with Crippen LogP contribution in [0.5, 0.6) is 5.75 Å². The lowest BCUT2D eigenvalue weighted by Gasteiger charge is -2.26. The average Bonchev–Trinajstić information content (AvgIpc) is 2.44. The molecule has 1 N–H and O–H groups in total. The second-order valence-corrected chi connectivity index (χ2v) is 4.90. The second kappa shape index (κ2) is 7.24. The zero-order chi connectivity index (χ0) is 16.0. The Balaban J connectivity index is 2.93. The summed E-state index contributed by atoms with van der Waals surface area (Å²) in [6, 6.07) is 3.98. The van der Waals surface area contributed by atoms with Gasteiger partial charge in [-0.15, -0.1) is 0 Å². The van der Waals surface area contributed by atoms with E-state index in [-0.39, 0.29) is 24.7 Å². The van der Waals surface area contributed by atoms with Crippen LogP contribution in [0.1, 0.15) is 13.8 Å². The normalized spacial score (nSPS) is 13.3. The van der Waals surface area contributed by atoms with Crippen LogP contribution in [-0.4, -0.2) is 36.7 Å². The molecule has 1 unspecified atom stereocenters. The molecule has 0 aliphatic carbocycles. The van der Waals surface area contributed by atoms with Crippen LogP contribution in [0.2, 0.25) is 5.02 Å². The maximum absolute atomic E-state index is 11.9. The highest BCUT2D eigenvalue weighted by atomic mass is 35.5. The number of nitrogens with one attached hydrogen (secondary N) is 1. The third-order valence-corrected chi connectivity index (χ3v) is 3.15. The molecule has 0 amide bonds. The van der Waals surface area contributed by atoms with E-state index >= 15 is 0 Å². The lowest BCUT2D eigenvalue weighted by molar-refractivity contribution is -0.385. The lowest BCUT2D eigenvalue weighted by atomic mass is 10.1. The van der Waals surface area contributed by atoms with E-state index in [0.29, 0.717) is 5.02 Å². The number of carbonyl (C=O) groups is 1. The Morgan fingerprint density at radius 3 is 2.71 bits per heavy atom. The summed E-state index contributed by atoms with van der Waals surface area (Å²) in [5, 5.41) is 14.0. The van der Waals surface area contributed by atoms with E-state index in [4.69, 9.17) is 21.1 Å². The fourth-order valence-corrected chi connectivity index (χ4v) is 1.66. The Morgan fingerprint density at radius 2 is 2.19 bits per heavy atom. The SMILES string of the molecule is CCOC(=O)C(C)(COc1cc(Cl)ccc1[N+](=O)[O-])NC. The summed E-state index contributed by atoms with van der Waals surface area (Å²) in [5.41, 5.74) is -1.34. The fraction of sp³-hybridized carbons (Fsp3) is 0.462. The van der Waals surface area contributed by atoms with Crippen molar-refractivity contribution in [2.45, 2.75) is 19.4 Å². The third kappa shape index (κ3) is 4.30. The van der Waals surface area contributed by atoms with Crippen LogP contribution < -0.4 is 10.1 Å². The smallest absolute Gasteiger partial charge is 0.329 e. The van der Waals surface area contributed by atoms with E-state index in [9.17, 15) is 14.9 Å². The molecule has 1 aromatic carbocycles. The van der Waals surface area contributed by atoms with Gasteiger partial charge in [-0.25, -0.2) is 4.79 Å². The zero-order valence-corrected chi connectivity index (χ0v) is 12.8. The topological polar surface area (TPSA) is 90.7 Å². The monoisotopic (exact) mass is 316 g/mol. The molecule has 21 heavy (non-hydrogen) atoms. The summed E-state index contributed by atoms with van der Waals surface area (Å²) < 4.78 is 10.4. The summed E-state index contributed by atoms with van der Waals surface area (Å²) in [6.45, 7) is 3.37. The fourth-order valence-electron chi connectivity index (χ4n) is 1.50. The van der Waals surface area contributed by atoms with Gasteiger partial charge in [-0.2, -0.15) is 0 Å². The number of likely N-dealkylation sites (N-methyl/N-ethyl adjacent to an activating group) is 1. The Hall–Kier alpha value is -1.86. The highest BCUT2D eigenvalue weighted by Crippen LogP contribution is 2.30. The van der Waals surface area contributed by atoms with Gasteiger partial charge in [-0.1, -0.05) is 11.6 Å². The molecule has 0 fully saturated rings. The van der Waals surface area contributed by atoms with Gasteiger partial charge in [0.05, 0.1) is 11.5 Å². The Morgan fingerprint density at radius 1 is 1.52 bits per heavy atom. The van der Waals surface area contributed by atoms with Gasteiger partial charge < -0.3 is 14.8 Å². The number of esters is 1. The number of rotatable bonds is 7. The van der Waals surface area contributed by atoms with Crippen molar-refractivity contribution in [1.29, 1.82) is 0 Å². The number of hydrogen-bond donors (Lipinski definition) is 1. The Labute approximate surface area is 127 Å². The molecule has 7 nitrogen and oxygen atoms in total. The predicted octanol–water partition coefficient (Wildman–Crippen LogP) is 2.17.